The molecule has 2 heterocycles. The molecule has 1 aliphatic heterocycles. The highest BCUT2D eigenvalue weighted by molar-refractivity contribution is 5.50. The molecule has 0 aliphatic carbocycles. The first-order valence-corrected chi connectivity index (χ1v) is 8.48. The summed E-state index contributed by atoms with van der Waals surface area (Å²) in [5.74, 6) is -0.130. The molecule has 1 aromatic heterocycles. The molecule has 1 fully saturated rings. The maximum atomic E-state index is 14.6. The summed E-state index contributed by atoms with van der Waals surface area (Å²) in [5.41, 5.74) is 2.86. The molecule has 0 bridgehead atoms. The lowest BCUT2D eigenvalue weighted by Gasteiger charge is -2.34. The van der Waals surface area contributed by atoms with Crippen molar-refractivity contribution < 1.29 is 4.39 Å². The van der Waals surface area contributed by atoms with Crippen molar-refractivity contribution in [2.75, 3.05) is 38.1 Å². The number of hydrogen-bond acceptors (Lipinski definition) is 4. The van der Waals surface area contributed by atoms with Crippen molar-refractivity contribution in [1.82, 2.24) is 15.2 Å². The van der Waals surface area contributed by atoms with Crippen molar-refractivity contribution >= 4 is 5.69 Å². The number of halogens is 1. The normalized spacial score (nSPS) is 17.0. The number of rotatable bonds is 5. The molecule has 0 amide bonds. The third-order valence-corrected chi connectivity index (χ3v) is 4.68. The van der Waals surface area contributed by atoms with E-state index in [2.05, 4.69) is 34.1 Å². The van der Waals surface area contributed by atoms with E-state index < -0.39 is 0 Å². The van der Waals surface area contributed by atoms with E-state index in [9.17, 15) is 4.39 Å². The summed E-state index contributed by atoms with van der Waals surface area (Å²) < 4.78 is 14.6. The molecule has 3 rings (SSSR count). The molecule has 128 valence electrons. The zero-order valence-corrected chi connectivity index (χ0v) is 14.4. The number of likely N-dealkylation sites (N-methyl/N-ethyl adjacent to an activating group) is 1. The van der Waals surface area contributed by atoms with Crippen molar-refractivity contribution in [2.24, 2.45) is 0 Å². The van der Waals surface area contributed by atoms with Crippen LogP contribution in [-0.2, 0) is 6.54 Å². The smallest absolute Gasteiger partial charge is 0.146 e. The highest BCUT2D eigenvalue weighted by atomic mass is 19.1. The summed E-state index contributed by atoms with van der Waals surface area (Å²) in [6.45, 7) is 6.51. The Kier molecular flexibility index (Phi) is 5.43. The third kappa shape index (κ3) is 4.10. The zero-order valence-electron chi connectivity index (χ0n) is 14.4. The molecule has 0 radical (unpaired) electrons. The molecular formula is C19H25FN4. The highest BCUT2D eigenvalue weighted by Crippen LogP contribution is 2.24. The fourth-order valence-corrected chi connectivity index (χ4v) is 2.99. The van der Waals surface area contributed by atoms with E-state index in [-0.39, 0.29) is 11.9 Å². The second-order valence-corrected chi connectivity index (χ2v) is 6.46. The van der Waals surface area contributed by atoms with Gasteiger partial charge in [0, 0.05) is 51.2 Å². The van der Waals surface area contributed by atoms with Gasteiger partial charge in [-0.05, 0) is 49.4 Å². The number of hydrogen-bond donors (Lipinski definition) is 1. The van der Waals surface area contributed by atoms with Crippen LogP contribution in [0.15, 0.2) is 42.7 Å². The molecule has 1 saturated heterocycles. The average molecular weight is 328 g/mol. The average Bonchev–Trinajstić information content (AvgIpc) is 2.61. The summed E-state index contributed by atoms with van der Waals surface area (Å²) in [7, 11) is 2.10. The van der Waals surface area contributed by atoms with E-state index in [1.165, 1.54) is 5.56 Å². The molecule has 2 aromatic rings. The van der Waals surface area contributed by atoms with Gasteiger partial charge in [-0.1, -0.05) is 6.07 Å². The zero-order chi connectivity index (χ0) is 16.9. The van der Waals surface area contributed by atoms with Crippen LogP contribution in [-0.4, -0.2) is 43.1 Å². The van der Waals surface area contributed by atoms with Gasteiger partial charge in [0.05, 0.1) is 5.69 Å². The van der Waals surface area contributed by atoms with Crippen LogP contribution in [0.1, 0.15) is 24.1 Å². The standard InChI is InChI=1S/C19H25FN4/c1-15(22-14-16-5-7-21-8-6-16)17-3-4-19(18(20)13-17)24-11-9-23(2)10-12-24/h3-8,13,15,22H,9-12,14H2,1-2H3. The van der Waals surface area contributed by atoms with Crippen molar-refractivity contribution in [3.8, 4) is 0 Å². The van der Waals surface area contributed by atoms with E-state index in [0.717, 1.165) is 38.3 Å². The van der Waals surface area contributed by atoms with Gasteiger partial charge in [-0.25, -0.2) is 4.39 Å². The number of nitrogens with one attached hydrogen (secondary N) is 1. The van der Waals surface area contributed by atoms with Crippen LogP contribution in [0, 0.1) is 5.82 Å². The molecule has 1 N–H and O–H groups in total. The maximum Gasteiger partial charge on any atom is 0.146 e. The molecule has 0 spiro atoms. The summed E-state index contributed by atoms with van der Waals surface area (Å²) in [4.78, 5) is 8.42. The lowest BCUT2D eigenvalue weighted by atomic mass is 10.1. The molecule has 1 atom stereocenters. The van der Waals surface area contributed by atoms with E-state index in [1.54, 1.807) is 18.5 Å². The van der Waals surface area contributed by atoms with Crippen molar-refractivity contribution in [1.29, 1.82) is 0 Å². The molecular weight excluding hydrogens is 303 g/mol. The van der Waals surface area contributed by atoms with Crippen molar-refractivity contribution in [3.63, 3.8) is 0 Å². The minimum absolute atomic E-state index is 0.0919. The van der Waals surface area contributed by atoms with Crippen LogP contribution in [0.3, 0.4) is 0 Å². The first-order valence-electron chi connectivity index (χ1n) is 8.48. The van der Waals surface area contributed by atoms with Gasteiger partial charge in [0.25, 0.3) is 0 Å². The Bertz CT molecular complexity index is 654. The minimum Gasteiger partial charge on any atom is -0.367 e. The summed E-state index contributed by atoms with van der Waals surface area (Å²) >= 11 is 0. The SMILES string of the molecule is CC(NCc1ccncc1)c1ccc(N2CCN(C)CC2)c(F)c1. The lowest BCUT2D eigenvalue weighted by Crippen LogP contribution is -2.44. The molecule has 24 heavy (non-hydrogen) atoms. The number of aromatic nitrogens is 1. The predicted molar refractivity (Wildman–Crippen MR) is 95.6 cm³/mol. The van der Waals surface area contributed by atoms with Crippen LogP contribution in [0.25, 0.3) is 0 Å². The minimum atomic E-state index is -0.130. The van der Waals surface area contributed by atoms with Gasteiger partial charge in [0.2, 0.25) is 0 Å². The van der Waals surface area contributed by atoms with Gasteiger partial charge in [0.1, 0.15) is 5.82 Å². The van der Waals surface area contributed by atoms with Crippen LogP contribution in [0.2, 0.25) is 0 Å². The van der Waals surface area contributed by atoms with Crippen LogP contribution in [0.5, 0.6) is 0 Å². The van der Waals surface area contributed by atoms with E-state index in [1.807, 2.05) is 24.3 Å². The number of nitrogens with zero attached hydrogens (tertiary/aromatic N) is 3. The van der Waals surface area contributed by atoms with Gasteiger partial charge < -0.3 is 15.1 Å². The van der Waals surface area contributed by atoms with Gasteiger partial charge in [-0.2, -0.15) is 0 Å². The van der Waals surface area contributed by atoms with Crippen LogP contribution < -0.4 is 10.2 Å². The molecule has 5 heteroatoms. The first-order chi connectivity index (χ1) is 11.6. The number of piperazine rings is 1. The lowest BCUT2D eigenvalue weighted by molar-refractivity contribution is 0.311. The van der Waals surface area contributed by atoms with Crippen LogP contribution in [0.4, 0.5) is 10.1 Å². The molecule has 0 saturated carbocycles. The van der Waals surface area contributed by atoms with Crippen molar-refractivity contribution in [2.45, 2.75) is 19.5 Å². The Balaban J connectivity index is 1.63. The number of benzene rings is 1. The highest BCUT2D eigenvalue weighted by Gasteiger charge is 2.18. The largest absolute Gasteiger partial charge is 0.367 e. The quantitative estimate of drug-likeness (QED) is 0.914. The maximum absolute atomic E-state index is 14.6. The number of pyridine rings is 1. The molecule has 1 aliphatic rings. The van der Waals surface area contributed by atoms with Crippen LogP contribution >= 0.6 is 0 Å². The van der Waals surface area contributed by atoms with Crippen molar-refractivity contribution in [3.05, 3.63) is 59.7 Å². The monoisotopic (exact) mass is 328 g/mol. The Hall–Kier alpha value is -1.98. The summed E-state index contributed by atoms with van der Waals surface area (Å²) in [6, 6.07) is 9.67. The Morgan fingerprint density at radius 1 is 1.12 bits per heavy atom. The van der Waals surface area contributed by atoms with Gasteiger partial charge in [-0.15, -0.1) is 0 Å². The molecule has 1 unspecified atom stereocenters. The fraction of sp³-hybridized carbons (Fsp3) is 0.421. The predicted octanol–water partition coefficient (Wildman–Crippen LogP) is 2.82. The summed E-state index contributed by atoms with van der Waals surface area (Å²) in [6.07, 6.45) is 3.57. The molecule has 1 aromatic carbocycles. The molecule has 4 nitrogen and oxygen atoms in total. The van der Waals surface area contributed by atoms with E-state index >= 15 is 0 Å². The number of anilines is 1. The topological polar surface area (TPSA) is 31.4 Å². The van der Waals surface area contributed by atoms with Gasteiger partial charge in [-0.3, -0.25) is 4.98 Å². The Morgan fingerprint density at radius 3 is 2.50 bits per heavy atom. The van der Waals surface area contributed by atoms with E-state index in [4.69, 9.17) is 0 Å². The van der Waals surface area contributed by atoms with Gasteiger partial charge in [0.15, 0.2) is 0 Å². The first kappa shape index (κ1) is 16.9. The van der Waals surface area contributed by atoms with E-state index in [0.29, 0.717) is 5.69 Å². The Labute approximate surface area is 143 Å². The van der Waals surface area contributed by atoms with Gasteiger partial charge >= 0.3 is 0 Å². The fourth-order valence-electron chi connectivity index (χ4n) is 2.99. The summed E-state index contributed by atoms with van der Waals surface area (Å²) in [5, 5.41) is 3.43. The Morgan fingerprint density at radius 2 is 1.83 bits per heavy atom. The third-order valence-electron chi connectivity index (χ3n) is 4.68. The second-order valence-electron chi connectivity index (χ2n) is 6.46. The second kappa shape index (κ2) is 7.73.